The number of piperidine rings is 1. The first-order chi connectivity index (χ1) is 14.9. The molecule has 3 N–H and O–H groups in total. The molecule has 0 unspecified atom stereocenters. The smallest absolute Gasteiger partial charge is 0.153 e. The summed E-state index contributed by atoms with van der Waals surface area (Å²) in [6.45, 7) is 6.81. The minimum atomic E-state index is -0.185. The standard InChI is InChI=1S/C23H29ClN4O3.CH4/c1-13-19(16-4-3-15-5-10-30-20(15)18(16)24)27-17(11-29)22(26-13)28-8-6-23(7-9-28)12-31-14(2)21(23)25;/h3-4,14,21,29H,5-12,25H2,1-2H3;1H4/t14-,21+;/m0./s1. The van der Waals surface area contributed by atoms with Crippen LogP contribution in [0.3, 0.4) is 0 Å². The Hall–Kier alpha value is -1.93. The third kappa shape index (κ3) is 3.65. The second kappa shape index (κ2) is 8.78. The predicted octanol–water partition coefficient (Wildman–Crippen LogP) is 3.50. The number of ether oxygens (including phenoxy) is 2. The van der Waals surface area contributed by atoms with Gasteiger partial charge in [0.25, 0.3) is 0 Å². The minimum Gasteiger partial charge on any atom is -0.491 e. The van der Waals surface area contributed by atoms with Gasteiger partial charge in [0.1, 0.15) is 11.4 Å². The molecule has 0 saturated carbocycles. The van der Waals surface area contributed by atoms with Crippen LogP contribution in [0.5, 0.6) is 5.75 Å². The molecule has 0 radical (unpaired) electrons. The van der Waals surface area contributed by atoms with Crippen molar-refractivity contribution in [1.29, 1.82) is 0 Å². The molecule has 2 saturated heterocycles. The van der Waals surface area contributed by atoms with E-state index < -0.39 is 0 Å². The number of hydrogen-bond donors (Lipinski definition) is 2. The van der Waals surface area contributed by atoms with E-state index >= 15 is 0 Å². The van der Waals surface area contributed by atoms with E-state index in [0.29, 0.717) is 23.0 Å². The van der Waals surface area contributed by atoms with Crippen molar-refractivity contribution >= 4 is 17.4 Å². The number of nitrogens with two attached hydrogens (primary N) is 1. The lowest BCUT2D eigenvalue weighted by molar-refractivity contribution is 0.0973. The summed E-state index contributed by atoms with van der Waals surface area (Å²) in [6.07, 6.45) is 2.85. The van der Waals surface area contributed by atoms with Crippen LogP contribution < -0.4 is 15.4 Å². The lowest BCUT2D eigenvalue weighted by Crippen LogP contribution is -2.51. The lowest BCUT2D eigenvalue weighted by atomic mass is 9.73. The summed E-state index contributed by atoms with van der Waals surface area (Å²) in [5.74, 6) is 1.48. The summed E-state index contributed by atoms with van der Waals surface area (Å²) >= 11 is 6.65. The quantitative estimate of drug-likeness (QED) is 0.723. The van der Waals surface area contributed by atoms with Gasteiger partial charge in [-0.05, 0) is 32.3 Å². The summed E-state index contributed by atoms with van der Waals surface area (Å²) in [6, 6.07) is 4.07. The highest BCUT2D eigenvalue weighted by molar-refractivity contribution is 6.35. The number of fused-ring (bicyclic) bond motifs is 1. The number of nitrogens with zero attached hydrogens (tertiary/aromatic N) is 3. The van der Waals surface area contributed by atoms with Crippen LogP contribution in [0.4, 0.5) is 5.82 Å². The summed E-state index contributed by atoms with van der Waals surface area (Å²) in [5, 5.41) is 10.7. The van der Waals surface area contributed by atoms with Gasteiger partial charge < -0.3 is 25.2 Å². The fourth-order valence-electron chi connectivity index (χ4n) is 5.19. The third-order valence-electron chi connectivity index (χ3n) is 7.23. The molecule has 1 aromatic carbocycles. The van der Waals surface area contributed by atoms with Gasteiger partial charge >= 0.3 is 0 Å². The molecular weight excluding hydrogens is 428 g/mol. The first-order valence-electron chi connectivity index (χ1n) is 11.0. The molecule has 8 heteroatoms. The lowest BCUT2D eigenvalue weighted by Gasteiger charge is -2.42. The number of anilines is 1. The molecule has 0 aliphatic carbocycles. The van der Waals surface area contributed by atoms with Crippen molar-refractivity contribution in [1.82, 2.24) is 9.97 Å². The molecule has 2 fully saturated rings. The van der Waals surface area contributed by atoms with Gasteiger partial charge in [-0.2, -0.15) is 0 Å². The third-order valence-corrected chi connectivity index (χ3v) is 7.60. The van der Waals surface area contributed by atoms with Crippen molar-refractivity contribution in [3.63, 3.8) is 0 Å². The molecule has 0 bridgehead atoms. The molecule has 174 valence electrons. The molecule has 4 heterocycles. The highest BCUT2D eigenvalue weighted by atomic mass is 35.5. The van der Waals surface area contributed by atoms with Crippen LogP contribution >= 0.6 is 11.6 Å². The number of aryl methyl sites for hydroxylation is 1. The normalized spacial score (nSPS) is 23.7. The maximum absolute atomic E-state index is 10.1. The van der Waals surface area contributed by atoms with E-state index in [1.54, 1.807) is 0 Å². The van der Waals surface area contributed by atoms with E-state index in [9.17, 15) is 5.11 Å². The van der Waals surface area contributed by atoms with Crippen LogP contribution in [-0.2, 0) is 17.8 Å². The fourth-order valence-corrected chi connectivity index (χ4v) is 5.52. The Morgan fingerprint density at radius 1 is 1.28 bits per heavy atom. The summed E-state index contributed by atoms with van der Waals surface area (Å²) in [5.41, 5.74) is 10.4. The van der Waals surface area contributed by atoms with Crippen LogP contribution in [-0.4, -0.2) is 53.5 Å². The topological polar surface area (TPSA) is 93.7 Å². The monoisotopic (exact) mass is 460 g/mol. The van der Waals surface area contributed by atoms with Crippen LogP contribution in [0.1, 0.15) is 44.1 Å². The van der Waals surface area contributed by atoms with E-state index in [1.165, 1.54) is 0 Å². The number of halogens is 1. The Morgan fingerprint density at radius 3 is 2.69 bits per heavy atom. The molecule has 2 aromatic rings. The molecule has 1 aromatic heterocycles. The zero-order chi connectivity index (χ0) is 21.8. The summed E-state index contributed by atoms with van der Waals surface area (Å²) < 4.78 is 11.5. The molecule has 3 aliphatic rings. The SMILES string of the molecule is C.Cc1nc(N2CCC3(CC2)CO[C@@H](C)[C@H]3N)c(CO)nc1-c1ccc2c(c1Cl)OCC2. The number of aliphatic hydroxyl groups is 1. The van der Waals surface area contributed by atoms with E-state index in [0.717, 1.165) is 67.3 Å². The Balaban J connectivity index is 0.00000245. The van der Waals surface area contributed by atoms with Crippen molar-refractivity contribution in [2.45, 2.75) is 59.3 Å². The molecule has 2 atom stereocenters. The largest absolute Gasteiger partial charge is 0.491 e. The Kier molecular flexibility index (Phi) is 6.38. The maximum atomic E-state index is 10.1. The number of hydrogen-bond acceptors (Lipinski definition) is 7. The molecule has 32 heavy (non-hydrogen) atoms. The number of benzene rings is 1. The van der Waals surface area contributed by atoms with Crippen molar-refractivity contribution in [2.24, 2.45) is 11.1 Å². The highest BCUT2D eigenvalue weighted by Gasteiger charge is 2.47. The zero-order valence-electron chi connectivity index (χ0n) is 18.0. The average molecular weight is 461 g/mol. The number of aromatic nitrogens is 2. The van der Waals surface area contributed by atoms with Gasteiger partial charge in [0.2, 0.25) is 0 Å². The van der Waals surface area contributed by atoms with E-state index in [1.807, 2.05) is 19.1 Å². The van der Waals surface area contributed by atoms with Crippen molar-refractivity contribution in [3.05, 3.63) is 34.1 Å². The molecule has 0 amide bonds. The number of aliphatic hydroxyl groups excluding tert-OH is 1. The van der Waals surface area contributed by atoms with Crippen molar-refractivity contribution in [2.75, 3.05) is 31.2 Å². The Morgan fingerprint density at radius 2 is 2.03 bits per heavy atom. The van der Waals surface area contributed by atoms with Crippen LogP contribution in [0.15, 0.2) is 12.1 Å². The Bertz CT molecular complexity index is 1010. The Labute approximate surface area is 194 Å². The molecule has 1 spiro atoms. The van der Waals surface area contributed by atoms with Gasteiger partial charge in [0, 0.05) is 36.5 Å². The first-order valence-corrected chi connectivity index (χ1v) is 11.4. The van der Waals surface area contributed by atoms with Crippen molar-refractivity contribution in [3.8, 4) is 17.0 Å². The van der Waals surface area contributed by atoms with Gasteiger partial charge in [-0.1, -0.05) is 31.2 Å². The predicted molar refractivity (Wildman–Crippen MR) is 126 cm³/mol. The summed E-state index contributed by atoms with van der Waals surface area (Å²) in [7, 11) is 0. The van der Waals surface area contributed by atoms with Crippen LogP contribution in [0.2, 0.25) is 5.02 Å². The van der Waals surface area contributed by atoms with Crippen LogP contribution in [0.25, 0.3) is 11.3 Å². The van der Waals surface area contributed by atoms with Gasteiger partial charge in [-0.25, -0.2) is 9.97 Å². The molecular formula is C24H33ClN4O3. The van der Waals surface area contributed by atoms with E-state index in [-0.39, 0.29) is 31.6 Å². The second-order valence-corrected chi connectivity index (χ2v) is 9.37. The van der Waals surface area contributed by atoms with Gasteiger partial charge in [0.15, 0.2) is 5.82 Å². The van der Waals surface area contributed by atoms with E-state index in [4.69, 9.17) is 36.8 Å². The fraction of sp³-hybridized carbons (Fsp3) is 0.583. The molecule has 3 aliphatic heterocycles. The summed E-state index contributed by atoms with van der Waals surface area (Å²) in [4.78, 5) is 11.9. The maximum Gasteiger partial charge on any atom is 0.153 e. The molecule has 5 rings (SSSR count). The van der Waals surface area contributed by atoms with Crippen molar-refractivity contribution < 1.29 is 14.6 Å². The number of rotatable bonds is 3. The van der Waals surface area contributed by atoms with E-state index in [2.05, 4.69) is 11.8 Å². The van der Waals surface area contributed by atoms with Crippen LogP contribution in [0, 0.1) is 12.3 Å². The molecule has 7 nitrogen and oxygen atoms in total. The van der Waals surface area contributed by atoms with Gasteiger partial charge in [0.05, 0.1) is 42.3 Å². The average Bonchev–Trinajstić information content (AvgIpc) is 3.37. The highest BCUT2D eigenvalue weighted by Crippen LogP contribution is 2.43. The second-order valence-electron chi connectivity index (χ2n) is 8.99. The van der Waals surface area contributed by atoms with Gasteiger partial charge in [-0.3, -0.25) is 0 Å². The first kappa shape index (κ1) is 23.2. The minimum absolute atomic E-state index is 0. The zero-order valence-corrected chi connectivity index (χ0v) is 18.8. The van der Waals surface area contributed by atoms with Gasteiger partial charge in [-0.15, -0.1) is 0 Å².